The van der Waals surface area contributed by atoms with E-state index < -0.39 is 51.1 Å². The Morgan fingerprint density at radius 3 is 1.40 bits per heavy atom. The van der Waals surface area contributed by atoms with Crippen LogP contribution >= 0.6 is 7.82 Å². The van der Waals surface area contributed by atoms with Crippen molar-refractivity contribution in [3.63, 3.8) is 0 Å². The minimum Gasteiger partial charge on any atom is -0.480 e. The van der Waals surface area contributed by atoms with E-state index in [0.29, 0.717) is 12.8 Å². The summed E-state index contributed by atoms with van der Waals surface area (Å²) in [5.41, 5.74) is 5.29. The second-order valence-electron chi connectivity index (χ2n) is 12.0. The van der Waals surface area contributed by atoms with Crippen molar-refractivity contribution in [3.05, 3.63) is 0 Å². The molecular formula is C33H64NO10P. The molecule has 0 rings (SSSR count). The van der Waals surface area contributed by atoms with Crippen LogP contribution in [0.25, 0.3) is 0 Å². The number of hydrogen-bond acceptors (Lipinski definition) is 9. The first-order valence-corrected chi connectivity index (χ1v) is 19.1. The normalized spacial score (nSPS) is 14.0. The fourth-order valence-corrected chi connectivity index (χ4v) is 5.55. The van der Waals surface area contributed by atoms with Crippen LogP contribution in [0.4, 0.5) is 0 Å². The minimum absolute atomic E-state index is 0.165. The average molecular weight is 666 g/mol. The van der Waals surface area contributed by atoms with Crippen molar-refractivity contribution in [2.45, 2.75) is 174 Å². The third kappa shape index (κ3) is 29.6. The van der Waals surface area contributed by atoms with Crippen LogP contribution in [-0.4, -0.2) is 59.9 Å². The number of unbranched alkanes of at least 4 members (excludes halogenated alkanes) is 19. The zero-order valence-electron chi connectivity index (χ0n) is 28.2. The maximum atomic E-state index is 12.4. The Kier molecular flexibility index (Phi) is 28.8. The Hall–Kier alpha value is -1.52. The largest absolute Gasteiger partial charge is 0.480 e. The molecule has 0 aromatic heterocycles. The third-order valence-electron chi connectivity index (χ3n) is 7.61. The number of esters is 2. The van der Waals surface area contributed by atoms with E-state index >= 15 is 0 Å². The van der Waals surface area contributed by atoms with Gasteiger partial charge in [0.2, 0.25) is 0 Å². The molecule has 0 bridgehead atoms. The van der Waals surface area contributed by atoms with Crippen LogP contribution in [0.3, 0.4) is 0 Å². The van der Waals surface area contributed by atoms with Crippen LogP contribution in [-0.2, 0) is 37.5 Å². The predicted octanol–water partition coefficient (Wildman–Crippen LogP) is 8.00. The maximum Gasteiger partial charge on any atom is 0.472 e. The van der Waals surface area contributed by atoms with Gasteiger partial charge in [0.25, 0.3) is 0 Å². The molecule has 266 valence electrons. The number of hydrogen-bond donors (Lipinski definition) is 3. The first-order valence-electron chi connectivity index (χ1n) is 17.6. The number of phosphoric ester groups is 1. The van der Waals surface area contributed by atoms with Crippen molar-refractivity contribution < 1.29 is 47.5 Å². The highest BCUT2D eigenvalue weighted by Gasteiger charge is 2.28. The number of phosphoric acid groups is 1. The summed E-state index contributed by atoms with van der Waals surface area (Å²) in [6.45, 7) is 2.73. The van der Waals surface area contributed by atoms with Gasteiger partial charge in [-0.15, -0.1) is 0 Å². The summed E-state index contributed by atoms with van der Waals surface area (Å²) >= 11 is 0. The molecule has 0 heterocycles. The lowest BCUT2D eigenvalue weighted by molar-refractivity contribution is -0.161. The van der Waals surface area contributed by atoms with E-state index in [2.05, 4.69) is 18.4 Å². The standard InChI is InChI=1S/C33H64NO10P/c1-3-5-7-9-11-12-13-14-15-16-17-19-20-22-24-31(35)41-26-29(27-42-45(39,40)43-28-30(34)33(37)38)44-32(36)25-23-21-18-10-8-6-4-2/h29-30H,3-28,34H2,1-2H3,(H,37,38)(H,39,40)/t29-,30+/m0/s1. The molecule has 0 aliphatic rings. The van der Waals surface area contributed by atoms with Gasteiger partial charge in [-0.3, -0.25) is 23.4 Å². The van der Waals surface area contributed by atoms with Gasteiger partial charge in [-0.05, 0) is 12.8 Å². The Morgan fingerprint density at radius 2 is 0.978 bits per heavy atom. The molecule has 4 N–H and O–H groups in total. The number of carboxylic acid groups (broad SMARTS) is 1. The highest BCUT2D eigenvalue weighted by Crippen LogP contribution is 2.43. The molecule has 0 aliphatic heterocycles. The number of ether oxygens (including phenoxy) is 2. The van der Waals surface area contributed by atoms with Gasteiger partial charge in [0.15, 0.2) is 6.10 Å². The van der Waals surface area contributed by atoms with Gasteiger partial charge in [0, 0.05) is 12.8 Å². The van der Waals surface area contributed by atoms with E-state index in [4.69, 9.17) is 24.8 Å². The predicted molar refractivity (Wildman–Crippen MR) is 176 cm³/mol. The van der Waals surface area contributed by atoms with E-state index in [9.17, 15) is 23.8 Å². The lowest BCUT2D eigenvalue weighted by atomic mass is 10.0. The number of carbonyl (C=O) groups excluding carboxylic acids is 2. The van der Waals surface area contributed by atoms with Crippen molar-refractivity contribution in [1.29, 1.82) is 0 Å². The number of nitrogens with two attached hydrogens (primary N) is 1. The van der Waals surface area contributed by atoms with Gasteiger partial charge in [-0.1, -0.05) is 136 Å². The number of carbonyl (C=O) groups is 3. The van der Waals surface area contributed by atoms with Gasteiger partial charge in [-0.25, -0.2) is 4.57 Å². The summed E-state index contributed by atoms with van der Waals surface area (Å²) < 4.78 is 32.4. The SMILES string of the molecule is CCCCCCCCCCCCCCCCC(=O)OC[C@@H](COP(=O)(O)OC[C@@H](N)C(=O)O)OC(=O)CCCCCCCCC. The van der Waals surface area contributed by atoms with Gasteiger partial charge in [0.05, 0.1) is 13.2 Å². The molecule has 0 aliphatic carbocycles. The molecule has 0 amide bonds. The number of aliphatic carboxylic acids is 1. The molecule has 45 heavy (non-hydrogen) atoms. The summed E-state index contributed by atoms with van der Waals surface area (Å²) in [5.74, 6) is -2.38. The molecule has 0 saturated heterocycles. The average Bonchev–Trinajstić information content (AvgIpc) is 3.00. The lowest BCUT2D eigenvalue weighted by Crippen LogP contribution is -2.34. The van der Waals surface area contributed by atoms with E-state index in [1.807, 2.05) is 0 Å². The molecule has 0 fully saturated rings. The summed E-state index contributed by atoms with van der Waals surface area (Å²) in [4.78, 5) is 45.4. The summed E-state index contributed by atoms with van der Waals surface area (Å²) in [6, 6.07) is -1.51. The first kappa shape index (κ1) is 43.5. The molecule has 0 radical (unpaired) electrons. The highest BCUT2D eigenvalue weighted by atomic mass is 31.2. The van der Waals surface area contributed by atoms with Crippen LogP contribution in [0.1, 0.15) is 162 Å². The molecule has 0 aromatic carbocycles. The number of carboxylic acids is 1. The topological polar surface area (TPSA) is 172 Å². The Bertz CT molecular complexity index is 797. The van der Waals surface area contributed by atoms with Crippen molar-refractivity contribution in [2.75, 3.05) is 19.8 Å². The molecule has 0 spiro atoms. The quantitative estimate of drug-likeness (QED) is 0.0352. The molecule has 11 nitrogen and oxygen atoms in total. The molecule has 12 heteroatoms. The maximum absolute atomic E-state index is 12.4. The second kappa shape index (κ2) is 29.9. The minimum atomic E-state index is -4.69. The molecule has 3 atom stereocenters. The Balaban J connectivity index is 4.37. The summed E-state index contributed by atoms with van der Waals surface area (Å²) in [7, 11) is -4.69. The van der Waals surface area contributed by atoms with Crippen molar-refractivity contribution in [3.8, 4) is 0 Å². The monoisotopic (exact) mass is 665 g/mol. The third-order valence-corrected chi connectivity index (χ3v) is 8.56. The van der Waals surface area contributed by atoms with Crippen molar-refractivity contribution in [2.24, 2.45) is 5.73 Å². The van der Waals surface area contributed by atoms with Gasteiger partial charge in [0.1, 0.15) is 12.6 Å². The smallest absolute Gasteiger partial charge is 0.472 e. The lowest BCUT2D eigenvalue weighted by Gasteiger charge is -2.20. The first-order chi connectivity index (χ1) is 21.6. The molecular weight excluding hydrogens is 601 g/mol. The van der Waals surface area contributed by atoms with Crippen LogP contribution in [0.2, 0.25) is 0 Å². The van der Waals surface area contributed by atoms with E-state index in [0.717, 1.165) is 44.9 Å². The van der Waals surface area contributed by atoms with E-state index in [1.165, 1.54) is 77.0 Å². The zero-order chi connectivity index (χ0) is 33.6. The van der Waals surface area contributed by atoms with Crippen LogP contribution < -0.4 is 5.73 Å². The zero-order valence-corrected chi connectivity index (χ0v) is 29.1. The van der Waals surface area contributed by atoms with Gasteiger partial charge < -0.3 is 25.2 Å². The fraction of sp³-hybridized carbons (Fsp3) is 0.909. The molecule has 0 saturated carbocycles. The molecule has 0 aromatic rings. The Labute approximate surface area is 272 Å². The highest BCUT2D eigenvalue weighted by molar-refractivity contribution is 7.47. The van der Waals surface area contributed by atoms with E-state index in [-0.39, 0.29) is 19.4 Å². The van der Waals surface area contributed by atoms with Crippen LogP contribution in [0.15, 0.2) is 0 Å². The molecule has 1 unspecified atom stereocenters. The fourth-order valence-electron chi connectivity index (χ4n) is 4.77. The second-order valence-corrected chi connectivity index (χ2v) is 13.5. The van der Waals surface area contributed by atoms with Gasteiger partial charge >= 0.3 is 25.7 Å². The Morgan fingerprint density at radius 1 is 0.600 bits per heavy atom. The van der Waals surface area contributed by atoms with Gasteiger partial charge in [-0.2, -0.15) is 0 Å². The van der Waals surface area contributed by atoms with E-state index in [1.54, 1.807) is 0 Å². The van der Waals surface area contributed by atoms with Crippen molar-refractivity contribution >= 4 is 25.7 Å². The van der Waals surface area contributed by atoms with Crippen LogP contribution in [0, 0.1) is 0 Å². The van der Waals surface area contributed by atoms with Crippen LogP contribution in [0.5, 0.6) is 0 Å². The van der Waals surface area contributed by atoms with Crippen molar-refractivity contribution in [1.82, 2.24) is 0 Å². The number of rotatable bonds is 33. The summed E-state index contributed by atoms with van der Waals surface area (Å²) in [5, 5.41) is 8.82. The summed E-state index contributed by atoms with van der Waals surface area (Å²) in [6.07, 6.45) is 23.5.